The minimum atomic E-state index is -0.586. The van der Waals surface area contributed by atoms with Crippen molar-refractivity contribution in [3.05, 3.63) is 52.4 Å². The minimum absolute atomic E-state index is 0.488. The molecule has 0 radical (unpaired) electrons. The summed E-state index contributed by atoms with van der Waals surface area (Å²) in [5.41, 5.74) is 1.72. The molecule has 0 spiro atoms. The molecule has 1 N–H and O–H groups in total. The van der Waals surface area contributed by atoms with E-state index in [1.807, 2.05) is 18.2 Å². The zero-order chi connectivity index (χ0) is 12.3. The van der Waals surface area contributed by atoms with Gasteiger partial charge < -0.3 is 14.3 Å². The molecule has 0 aliphatic heterocycles. The minimum Gasteiger partial charge on any atom is -0.496 e. The standard InChI is InChI=1S/C13H13BrO3/c1-16-13-3-2-11(14)6-10(13)7-12(15)9-4-5-17-8-9/h2-6,8,12,15H,7H2,1H3. The number of hydrogen-bond acceptors (Lipinski definition) is 3. The van der Waals surface area contributed by atoms with Crippen molar-refractivity contribution in [1.29, 1.82) is 0 Å². The van der Waals surface area contributed by atoms with E-state index in [2.05, 4.69) is 15.9 Å². The molecule has 1 unspecified atom stereocenters. The highest BCUT2D eigenvalue weighted by Crippen LogP contribution is 2.28. The predicted octanol–water partition coefficient (Wildman–Crippen LogP) is 3.33. The Kier molecular flexibility index (Phi) is 3.86. The van der Waals surface area contributed by atoms with Crippen LogP contribution in [0.15, 0.2) is 45.7 Å². The lowest BCUT2D eigenvalue weighted by Crippen LogP contribution is -2.02. The number of ether oxygens (including phenoxy) is 1. The molecule has 0 aliphatic rings. The molecule has 2 rings (SSSR count). The summed E-state index contributed by atoms with van der Waals surface area (Å²) < 4.78 is 11.2. The summed E-state index contributed by atoms with van der Waals surface area (Å²) in [6.45, 7) is 0. The molecule has 1 aromatic heterocycles. The maximum atomic E-state index is 10.0. The van der Waals surface area contributed by atoms with Crippen molar-refractivity contribution in [2.24, 2.45) is 0 Å². The van der Waals surface area contributed by atoms with Crippen LogP contribution in [0.3, 0.4) is 0 Å². The van der Waals surface area contributed by atoms with Crippen molar-refractivity contribution in [2.75, 3.05) is 7.11 Å². The molecule has 0 bridgehead atoms. The molecule has 0 aliphatic carbocycles. The van der Waals surface area contributed by atoms with Gasteiger partial charge in [-0.05, 0) is 29.8 Å². The predicted molar refractivity (Wildman–Crippen MR) is 68.1 cm³/mol. The van der Waals surface area contributed by atoms with Gasteiger partial charge in [-0.25, -0.2) is 0 Å². The van der Waals surface area contributed by atoms with Crippen LogP contribution in [-0.2, 0) is 6.42 Å². The van der Waals surface area contributed by atoms with Gasteiger partial charge >= 0.3 is 0 Å². The van der Waals surface area contributed by atoms with E-state index in [4.69, 9.17) is 9.15 Å². The van der Waals surface area contributed by atoms with Crippen LogP contribution in [0.4, 0.5) is 0 Å². The van der Waals surface area contributed by atoms with E-state index in [0.717, 1.165) is 21.3 Å². The average molecular weight is 297 g/mol. The third kappa shape index (κ3) is 2.90. The van der Waals surface area contributed by atoms with E-state index < -0.39 is 6.10 Å². The van der Waals surface area contributed by atoms with Gasteiger partial charge in [-0.1, -0.05) is 15.9 Å². The monoisotopic (exact) mass is 296 g/mol. The number of rotatable bonds is 4. The number of hydrogen-bond donors (Lipinski definition) is 1. The van der Waals surface area contributed by atoms with Gasteiger partial charge in [0, 0.05) is 16.5 Å². The Morgan fingerprint density at radius 1 is 1.41 bits per heavy atom. The Labute approximate surface area is 108 Å². The van der Waals surface area contributed by atoms with E-state index in [9.17, 15) is 5.11 Å². The number of aliphatic hydroxyl groups is 1. The fourth-order valence-corrected chi connectivity index (χ4v) is 2.11. The van der Waals surface area contributed by atoms with Gasteiger partial charge in [0.2, 0.25) is 0 Å². The quantitative estimate of drug-likeness (QED) is 0.941. The molecule has 4 heteroatoms. The second-order valence-electron chi connectivity index (χ2n) is 3.73. The third-order valence-corrected chi connectivity index (χ3v) is 3.08. The van der Waals surface area contributed by atoms with Gasteiger partial charge in [0.15, 0.2) is 0 Å². The van der Waals surface area contributed by atoms with Crippen molar-refractivity contribution in [1.82, 2.24) is 0 Å². The zero-order valence-electron chi connectivity index (χ0n) is 9.39. The van der Waals surface area contributed by atoms with Crippen molar-refractivity contribution >= 4 is 15.9 Å². The van der Waals surface area contributed by atoms with E-state index >= 15 is 0 Å². The largest absolute Gasteiger partial charge is 0.496 e. The number of aliphatic hydroxyl groups excluding tert-OH is 1. The highest BCUT2D eigenvalue weighted by Gasteiger charge is 2.13. The molecule has 0 amide bonds. The first-order valence-corrected chi connectivity index (χ1v) is 6.02. The summed E-state index contributed by atoms with van der Waals surface area (Å²) in [7, 11) is 1.62. The Morgan fingerprint density at radius 3 is 2.88 bits per heavy atom. The van der Waals surface area contributed by atoms with Gasteiger partial charge in [-0.15, -0.1) is 0 Å². The third-order valence-electron chi connectivity index (χ3n) is 2.58. The van der Waals surface area contributed by atoms with Crippen molar-refractivity contribution in [3.63, 3.8) is 0 Å². The van der Waals surface area contributed by atoms with Gasteiger partial charge in [-0.2, -0.15) is 0 Å². The van der Waals surface area contributed by atoms with E-state index in [0.29, 0.717) is 6.42 Å². The van der Waals surface area contributed by atoms with Crippen LogP contribution in [0.2, 0.25) is 0 Å². The molecular formula is C13H13BrO3. The van der Waals surface area contributed by atoms with E-state index in [-0.39, 0.29) is 0 Å². The van der Waals surface area contributed by atoms with E-state index in [1.54, 1.807) is 25.7 Å². The molecule has 0 saturated carbocycles. The lowest BCUT2D eigenvalue weighted by atomic mass is 10.0. The molecule has 0 saturated heterocycles. The average Bonchev–Trinajstić information content (AvgIpc) is 2.83. The first kappa shape index (κ1) is 12.2. The Balaban J connectivity index is 2.20. The molecule has 2 aromatic rings. The van der Waals surface area contributed by atoms with Gasteiger partial charge in [0.25, 0.3) is 0 Å². The smallest absolute Gasteiger partial charge is 0.122 e. The van der Waals surface area contributed by atoms with Gasteiger partial charge in [0.1, 0.15) is 5.75 Å². The maximum absolute atomic E-state index is 10.0. The number of furan rings is 1. The highest BCUT2D eigenvalue weighted by molar-refractivity contribution is 9.10. The Bertz CT molecular complexity index is 479. The van der Waals surface area contributed by atoms with Crippen LogP contribution >= 0.6 is 15.9 Å². The fraction of sp³-hybridized carbons (Fsp3) is 0.231. The Hall–Kier alpha value is -1.26. The molecule has 90 valence electrons. The van der Waals surface area contributed by atoms with Crippen LogP contribution in [0, 0.1) is 0 Å². The molecule has 17 heavy (non-hydrogen) atoms. The summed E-state index contributed by atoms with van der Waals surface area (Å²) in [6.07, 6.45) is 3.01. The highest BCUT2D eigenvalue weighted by atomic mass is 79.9. The molecule has 0 fully saturated rings. The second-order valence-corrected chi connectivity index (χ2v) is 4.65. The number of halogens is 1. The van der Waals surface area contributed by atoms with E-state index in [1.165, 1.54) is 0 Å². The summed E-state index contributed by atoms with van der Waals surface area (Å²) in [6, 6.07) is 7.49. The lowest BCUT2D eigenvalue weighted by molar-refractivity contribution is 0.176. The van der Waals surface area contributed by atoms with Crippen molar-refractivity contribution < 1.29 is 14.3 Å². The van der Waals surface area contributed by atoms with Gasteiger partial charge in [0.05, 0.1) is 25.7 Å². The fourth-order valence-electron chi connectivity index (χ4n) is 1.70. The van der Waals surface area contributed by atoms with Crippen molar-refractivity contribution in [3.8, 4) is 5.75 Å². The normalized spacial score (nSPS) is 12.4. The molecule has 1 atom stereocenters. The summed E-state index contributed by atoms with van der Waals surface area (Å²) in [5.74, 6) is 0.774. The van der Waals surface area contributed by atoms with Crippen molar-refractivity contribution in [2.45, 2.75) is 12.5 Å². The summed E-state index contributed by atoms with van der Waals surface area (Å²) in [4.78, 5) is 0. The lowest BCUT2D eigenvalue weighted by Gasteiger charge is -2.12. The first-order valence-electron chi connectivity index (χ1n) is 5.23. The maximum Gasteiger partial charge on any atom is 0.122 e. The molecule has 1 heterocycles. The molecular weight excluding hydrogens is 284 g/mol. The second kappa shape index (κ2) is 5.38. The van der Waals surface area contributed by atoms with Gasteiger partial charge in [-0.3, -0.25) is 0 Å². The molecule has 3 nitrogen and oxygen atoms in total. The first-order chi connectivity index (χ1) is 8.20. The van der Waals surface area contributed by atoms with Crippen LogP contribution < -0.4 is 4.74 Å². The van der Waals surface area contributed by atoms with Crippen LogP contribution in [0.1, 0.15) is 17.2 Å². The SMILES string of the molecule is COc1ccc(Br)cc1CC(O)c1ccoc1. The molecule has 1 aromatic carbocycles. The Morgan fingerprint density at radius 2 is 2.24 bits per heavy atom. The summed E-state index contributed by atoms with van der Waals surface area (Å²) >= 11 is 3.41. The topological polar surface area (TPSA) is 42.6 Å². The zero-order valence-corrected chi connectivity index (χ0v) is 11.0. The van der Waals surface area contributed by atoms with Crippen LogP contribution in [0.5, 0.6) is 5.75 Å². The number of methoxy groups -OCH3 is 1. The summed E-state index contributed by atoms with van der Waals surface area (Å²) in [5, 5.41) is 10.0. The van der Waals surface area contributed by atoms with Crippen LogP contribution in [-0.4, -0.2) is 12.2 Å². The number of benzene rings is 1. The van der Waals surface area contributed by atoms with Crippen LogP contribution in [0.25, 0.3) is 0 Å².